The summed E-state index contributed by atoms with van der Waals surface area (Å²) in [6.45, 7) is 1.15. The Kier molecular flexibility index (Phi) is 3.75. The molecule has 1 saturated heterocycles. The number of nitrogens with zero attached hydrogens (tertiary/aromatic N) is 3. The lowest BCUT2D eigenvalue weighted by molar-refractivity contribution is -0.143. The molecule has 2 N–H and O–H groups in total. The van der Waals surface area contributed by atoms with Crippen LogP contribution in [0.15, 0.2) is 41.2 Å². The maximum absolute atomic E-state index is 12.3. The summed E-state index contributed by atoms with van der Waals surface area (Å²) in [5, 5.41) is 30.2. The zero-order valence-corrected chi connectivity index (χ0v) is 15.1. The van der Waals surface area contributed by atoms with Crippen LogP contribution in [-0.2, 0) is 17.8 Å². The predicted molar refractivity (Wildman–Crippen MR) is 102 cm³/mol. The van der Waals surface area contributed by atoms with Crippen molar-refractivity contribution >= 4 is 17.3 Å². The van der Waals surface area contributed by atoms with Gasteiger partial charge in [-0.15, -0.1) is 0 Å². The van der Waals surface area contributed by atoms with Crippen molar-refractivity contribution < 1.29 is 15.1 Å². The molecule has 0 radical (unpaired) electrons. The van der Waals surface area contributed by atoms with Gasteiger partial charge in [0.25, 0.3) is 5.56 Å². The maximum atomic E-state index is 12.3. The SMILES string of the molecule is O=C(O)[C@H]1Cc2cc(N([O-])O)ccc2N2C[C@H]3C[C@@H](Cn4c3cccc4=O)[C@H]12. The molecule has 4 heterocycles. The minimum Gasteiger partial charge on any atom is -0.733 e. The number of carbonyl (C=O) groups is 1. The van der Waals surface area contributed by atoms with Crippen LogP contribution in [0.25, 0.3) is 0 Å². The zero-order valence-electron chi connectivity index (χ0n) is 15.1. The summed E-state index contributed by atoms with van der Waals surface area (Å²) in [6.07, 6.45) is 1.16. The number of aromatic nitrogens is 1. The van der Waals surface area contributed by atoms with Crippen molar-refractivity contribution in [2.75, 3.05) is 16.7 Å². The number of pyridine rings is 1. The Labute approximate surface area is 160 Å². The largest absolute Gasteiger partial charge is 0.733 e. The number of hydrogen-bond donors (Lipinski definition) is 2. The first kappa shape index (κ1) is 17.3. The number of piperidine rings is 1. The van der Waals surface area contributed by atoms with E-state index in [0.29, 0.717) is 19.5 Å². The van der Waals surface area contributed by atoms with Crippen LogP contribution in [0.4, 0.5) is 11.4 Å². The molecule has 2 aromatic rings. The van der Waals surface area contributed by atoms with E-state index >= 15 is 0 Å². The third-order valence-electron chi connectivity index (χ3n) is 6.53. The number of anilines is 2. The highest BCUT2D eigenvalue weighted by atomic mass is 16.8. The van der Waals surface area contributed by atoms with Gasteiger partial charge in [0.2, 0.25) is 0 Å². The van der Waals surface area contributed by atoms with Crippen molar-refractivity contribution in [2.45, 2.75) is 31.3 Å². The van der Waals surface area contributed by atoms with Gasteiger partial charge in [0.1, 0.15) is 0 Å². The number of fused-ring (bicyclic) bond motifs is 8. The summed E-state index contributed by atoms with van der Waals surface area (Å²) in [4.78, 5) is 26.6. The summed E-state index contributed by atoms with van der Waals surface area (Å²) in [5.74, 6) is -1.29. The Morgan fingerprint density at radius 1 is 1.21 bits per heavy atom. The van der Waals surface area contributed by atoms with Crippen LogP contribution in [-0.4, -0.2) is 33.4 Å². The van der Waals surface area contributed by atoms with Gasteiger partial charge < -0.3 is 25.0 Å². The fourth-order valence-corrected chi connectivity index (χ4v) is 5.44. The smallest absolute Gasteiger partial charge is 0.308 e. The van der Waals surface area contributed by atoms with E-state index in [0.717, 1.165) is 23.4 Å². The van der Waals surface area contributed by atoms with Crippen LogP contribution >= 0.6 is 0 Å². The molecule has 8 nitrogen and oxygen atoms in total. The third-order valence-corrected chi connectivity index (χ3v) is 6.53. The molecule has 3 aliphatic rings. The van der Waals surface area contributed by atoms with Gasteiger partial charge in [-0.3, -0.25) is 14.8 Å². The quantitative estimate of drug-likeness (QED) is 0.762. The summed E-state index contributed by atoms with van der Waals surface area (Å²) in [6, 6.07) is 10.0. The fourth-order valence-electron chi connectivity index (χ4n) is 5.44. The van der Waals surface area contributed by atoms with Crippen LogP contribution in [0, 0.1) is 17.0 Å². The van der Waals surface area contributed by atoms with Crippen molar-refractivity contribution in [3.05, 3.63) is 63.2 Å². The standard InChI is InChI=1S/C20H20N3O5/c24-18-3-1-2-16-12-6-13(10-21(16)18)19-15(20(25)26)8-11-7-14(23(27)28)4-5-17(11)22(19)9-12/h1-5,7,12-13,15,19,27H,6,8-10H2,(H,25,26)/q-1/t12-,13+,15+,19-/m1/s1. The number of benzene rings is 1. The summed E-state index contributed by atoms with van der Waals surface area (Å²) >= 11 is 0. The zero-order chi connectivity index (χ0) is 19.6. The molecule has 0 unspecified atom stereocenters. The van der Waals surface area contributed by atoms with E-state index < -0.39 is 11.9 Å². The lowest BCUT2D eigenvalue weighted by atomic mass is 9.70. The first-order valence-electron chi connectivity index (χ1n) is 9.42. The first-order valence-corrected chi connectivity index (χ1v) is 9.42. The van der Waals surface area contributed by atoms with Crippen LogP contribution in [0.2, 0.25) is 0 Å². The highest BCUT2D eigenvalue weighted by Gasteiger charge is 2.49. The molecule has 3 aliphatic heterocycles. The van der Waals surface area contributed by atoms with Gasteiger partial charge >= 0.3 is 5.97 Å². The molecule has 146 valence electrons. The second-order valence-corrected chi connectivity index (χ2v) is 7.97. The van der Waals surface area contributed by atoms with E-state index in [-0.39, 0.29) is 34.4 Å². The molecule has 1 aromatic carbocycles. The molecule has 1 fully saturated rings. The topological polar surface area (TPSA) is 109 Å². The molecule has 0 aliphatic carbocycles. The number of aliphatic carboxylic acids is 1. The first-order chi connectivity index (χ1) is 13.4. The van der Waals surface area contributed by atoms with E-state index in [1.807, 2.05) is 6.07 Å². The molecule has 8 heteroatoms. The Bertz CT molecular complexity index is 1020. The Hall–Kier alpha value is -2.84. The fraction of sp³-hybridized carbons (Fsp3) is 0.400. The number of hydrogen-bond acceptors (Lipinski definition) is 6. The van der Waals surface area contributed by atoms with Crippen LogP contribution in [0.1, 0.15) is 23.6 Å². The third kappa shape index (κ3) is 2.45. The van der Waals surface area contributed by atoms with Crippen LogP contribution < -0.4 is 15.7 Å². The maximum Gasteiger partial charge on any atom is 0.308 e. The number of carboxylic acid groups (broad SMARTS) is 1. The van der Waals surface area contributed by atoms with Gasteiger partial charge in [-0.05, 0) is 48.6 Å². The molecule has 0 amide bonds. The molecule has 5 rings (SSSR count). The average Bonchev–Trinajstić information content (AvgIpc) is 2.67. The van der Waals surface area contributed by atoms with Crippen LogP contribution in [0.5, 0.6) is 0 Å². The van der Waals surface area contributed by atoms with Crippen molar-refractivity contribution in [1.82, 2.24) is 4.57 Å². The molecule has 0 spiro atoms. The average molecular weight is 382 g/mol. The molecule has 28 heavy (non-hydrogen) atoms. The van der Waals surface area contributed by atoms with Crippen LogP contribution in [0.3, 0.4) is 0 Å². The summed E-state index contributed by atoms with van der Waals surface area (Å²) in [7, 11) is 0. The monoisotopic (exact) mass is 382 g/mol. The second kappa shape index (κ2) is 6.08. The normalized spacial score (nSPS) is 27.4. The van der Waals surface area contributed by atoms with Gasteiger partial charge in [-0.1, -0.05) is 6.07 Å². The van der Waals surface area contributed by atoms with E-state index in [1.54, 1.807) is 34.9 Å². The summed E-state index contributed by atoms with van der Waals surface area (Å²) < 4.78 is 1.80. The molecule has 2 bridgehead atoms. The van der Waals surface area contributed by atoms with Gasteiger partial charge in [0, 0.05) is 42.5 Å². The highest BCUT2D eigenvalue weighted by molar-refractivity contribution is 5.76. The minimum atomic E-state index is -0.876. The lowest BCUT2D eigenvalue weighted by Crippen LogP contribution is -2.60. The molecule has 0 saturated carbocycles. The molecular weight excluding hydrogens is 362 g/mol. The molecule has 4 atom stereocenters. The van der Waals surface area contributed by atoms with Crippen molar-refractivity contribution in [2.24, 2.45) is 11.8 Å². The lowest BCUT2D eigenvalue weighted by Gasteiger charge is -2.54. The van der Waals surface area contributed by atoms with E-state index in [2.05, 4.69) is 4.90 Å². The van der Waals surface area contributed by atoms with Crippen molar-refractivity contribution in [3.63, 3.8) is 0 Å². The van der Waals surface area contributed by atoms with Gasteiger partial charge in [0.15, 0.2) is 0 Å². The molecule has 1 aromatic heterocycles. The molecular formula is C20H20N3O5-. The van der Waals surface area contributed by atoms with E-state index in [1.165, 1.54) is 0 Å². The Morgan fingerprint density at radius 2 is 2.04 bits per heavy atom. The second-order valence-electron chi connectivity index (χ2n) is 7.97. The van der Waals surface area contributed by atoms with Gasteiger partial charge in [-0.25, -0.2) is 0 Å². The van der Waals surface area contributed by atoms with E-state index in [4.69, 9.17) is 0 Å². The number of carboxylic acids is 1. The highest BCUT2D eigenvalue weighted by Crippen LogP contribution is 2.47. The van der Waals surface area contributed by atoms with Gasteiger partial charge in [0.05, 0.1) is 11.6 Å². The summed E-state index contributed by atoms with van der Waals surface area (Å²) in [5.41, 5.74) is 2.72. The van der Waals surface area contributed by atoms with E-state index in [9.17, 15) is 25.1 Å². The van der Waals surface area contributed by atoms with Crippen molar-refractivity contribution in [1.29, 1.82) is 0 Å². The Morgan fingerprint density at radius 3 is 2.79 bits per heavy atom. The van der Waals surface area contributed by atoms with Crippen molar-refractivity contribution in [3.8, 4) is 0 Å². The minimum absolute atomic E-state index is 0.0353. The Balaban J connectivity index is 1.63. The van der Waals surface area contributed by atoms with Gasteiger partial charge in [-0.2, -0.15) is 0 Å². The number of rotatable bonds is 2. The predicted octanol–water partition coefficient (Wildman–Crippen LogP) is 1.79.